The Morgan fingerprint density at radius 1 is 0.405 bits per heavy atom. The minimum atomic E-state index is 1.07. The van der Waals surface area contributed by atoms with E-state index < -0.39 is 0 Å². The lowest BCUT2D eigenvalue weighted by atomic mass is 9.80. The van der Waals surface area contributed by atoms with Crippen molar-refractivity contribution in [3.63, 3.8) is 0 Å². The maximum Gasteiger partial charge on any atom is 0.124 e. The van der Waals surface area contributed by atoms with Crippen molar-refractivity contribution >= 4 is 31.6 Å². The highest BCUT2D eigenvalue weighted by atomic mass is 32.1. The SMILES string of the molecule is c1ccc(-c2c(-c3ccccc3)c(-c3ccccc3)c3c(sc4ncccc43)c2-c2ccccc2)cc1. The molecule has 0 bridgehead atoms. The highest BCUT2D eigenvalue weighted by molar-refractivity contribution is 7.26. The van der Waals surface area contributed by atoms with Crippen molar-refractivity contribution in [1.29, 1.82) is 0 Å². The number of rotatable bonds is 4. The van der Waals surface area contributed by atoms with Crippen LogP contribution in [0.3, 0.4) is 0 Å². The van der Waals surface area contributed by atoms with Crippen LogP contribution in [0, 0.1) is 0 Å². The van der Waals surface area contributed by atoms with Crippen LogP contribution >= 0.6 is 11.3 Å². The molecule has 0 radical (unpaired) electrons. The molecule has 0 aliphatic carbocycles. The summed E-state index contributed by atoms with van der Waals surface area (Å²) in [6.07, 6.45) is 1.90. The summed E-state index contributed by atoms with van der Waals surface area (Å²) in [5.41, 5.74) is 9.90. The molecule has 2 heterocycles. The zero-order valence-corrected chi connectivity index (χ0v) is 21.0. The predicted molar refractivity (Wildman–Crippen MR) is 159 cm³/mol. The molecule has 0 unspecified atom stereocenters. The second-order valence-corrected chi connectivity index (χ2v) is 10.1. The van der Waals surface area contributed by atoms with Crippen LogP contribution < -0.4 is 0 Å². The van der Waals surface area contributed by atoms with Crippen LogP contribution in [0.1, 0.15) is 0 Å². The lowest BCUT2D eigenvalue weighted by Crippen LogP contribution is -1.96. The molecule has 2 aromatic heterocycles. The van der Waals surface area contributed by atoms with Gasteiger partial charge in [-0.25, -0.2) is 4.98 Å². The van der Waals surface area contributed by atoms with Crippen LogP contribution in [-0.4, -0.2) is 4.98 Å². The number of hydrogen-bond donors (Lipinski definition) is 0. The van der Waals surface area contributed by atoms with E-state index in [0.717, 1.165) is 4.83 Å². The van der Waals surface area contributed by atoms with Gasteiger partial charge in [0.1, 0.15) is 4.83 Å². The van der Waals surface area contributed by atoms with Crippen molar-refractivity contribution in [3.05, 3.63) is 140 Å². The van der Waals surface area contributed by atoms with E-state index in [2.05, 4.69) is 133 Å². The zero-order chi connectivity index (χ0) is 24.6. The van der Waals surface area contributed by atoms with Gasteiger partial charge in [0.2, 0.25) is 0 Å². The molecule has 0 fully saturated rings. The molecule has 174 valence electrons. The summed E-state index contributed by atoms with van der Waals surface area (Å²) in [6, 6.07) is 47.6. The Labute approximate surface area is 220 Å². The van der Waals surface area contributed by atoms with E-state index in [9.17, 15) is 0 Å². The van der Waals surface area contributed by atoms with Crippen LogP contribution in [0.4, 0.5) is 0 Å². The van der Waals surface area contributed by atoms with E-state index in [1.165, 1.54) is 60.0 Å². The van der Waals surface area contributed by atoms with Crippen molar-refractivity contribution in [2.24, 2.45) is 0 Å². The Hall–Kier alpha value is -4.53. The Morgan fingerprint density at radius 2 is 0.838 bits per heavy atom. The van der Waals surface area contributed by atoms with E-state index >= 15 is 0 Å². The molecule has 2 heteroatoms. The molecule has 0 saturated carbocycles. The van der Waals surface area contributed by atoms with Gasteiger partial charge in [0.05, 0.1) is 0 Å². The first-order valence-corrected chi connectivity index (χ1v) is 13.3. The molecule has 0 spiro atoms. The van der Waals surface area contributed by atoms with Crippen molar-refractivity contribution in [2.75, 3.05) is 0 Å². The number of aromatic nitrogens is 1. The minimum absolute atomic E-state index is 1.07. The third-order valence-electron chi connectivity index (χ3n) is 6.94. The summed E-state index contributed by atoms with van der Waals surface area (Å²) in [7, 11) is 0. The topological polar surface area (TPSA) is 12.9 Å². The average Bonchev–Trinajstić information content (AvgIpc) is 3.37. The number of benzene rings is 5. The minimum Gasteiger partial charge on any atom is -0.245 e. The normalized spacial score (nSPS) is 11.2. The summed E-state index contributed by atoms with van der Waals surface area (Å²) in [6.45, 7) is 0. The molecular formula is C35H23NS. The smallest absolute Gasteiger partial charge is 0.124 e. The summed E-state index contributed by atoms with van der Waals surface area (Å²) in [5.74, 6) is 0. The highest BCUT2D eigenvalue weighted by Gasteiger charge is 2.26. The largest absolute Gasteiger partial charge is 0.245 e. The Balaban J connectivity index is 1.81. The molecule has 7 rings (SSSR count). The summed E-state index contributed by atoms with van der Waals surface area (Å²) in [4.78, 5) is 5.88. The lowest BCUT2D eigenvalue weighted by Gasteiger charge is -2.22. The van der Waals surface area contributed by atoms with Gasteiger partial charge in [-0.1, -0.05) is 121 Å². The van der Waals surface area contributed by atoms with Gasteiger partial charge < -0.3 is 0 Å². The third-order valence-corrected chi connectivity index (χ3v) is 8.07. The summed E-state index contributed by atoms with van der Waals surface area (Å²) >= 11 is 1.79. The van der Waals surface area contributed by atoms with Crippen molar-refractivity contribution in [3.8, 4) is 44.5 Å². The number of pyridine rings is 1. The molecule has 5 aromatic carbocycles. The second kappa shape index (κ2) is 9.16. The maximum atomic E-state index is 4.81. The number of nitrogens with zero attached hydrogens (tertiary/aromatic N) is 1. The van der Waals surface area contributed by atoms with Crippen LogP contribution in [0.2, 0.25) is 0 Å². The predicted octanol–water partition coefficient (Wildman–Crippen LogP) is 10.1. The lowest BCUT2D eigenvalue weighted by molar-refractivity contribution is 1.45. The molecule has 0 atom stereocenters. The third kappa shape index (κ3) is 3.66. The van der Waals surface area contributed by atoms with Crippen LogP contribution in [0.15, 0.2) is 140 Å². The van der Waals surface area contributed by atoms with Gasteiger partial charge >= 0.3 is 0 Å². The van der Waals surface area contributed by atoms with Crippen LogP contribution in [-0.2, 0) is 0 Å². The fourth-order valence-corrected chi connectivity index (χ4v) is 6.63. The summed E-state index contributed by atoms with van der Waals surface area (Å²) in [5, 5.41) is 2.48. The standard InChI is InChI=1S/C35H23NS/c1-5-14-24(15-6-1)29-30(25-16-7-2-8-17-25)32(27-20-11-4-12-21-27)34-33(28-22-13-23-36-35(28)37-34)31(29)26-18-9-3-10-19-26/h1-23H. The molecule has 37 heavy (non-hydrogen) atoms. The number of thiophene rings is 1. The van der Waals surface area contributed by atoms with Gasteiger partial charge in [-0.3, -0.25) is 0 Å². The van der Waals surface area contributed by atoms with E-state index in [1.54, 1.807) is 11.3 Å². The molecule has 7 aromatic rings. The van der Waals surface area contributed by atoms with E-state index in [1.807, 2.05) is 6.20 Å². The molecular weight excluding hydrogens is 466 g/mol. The monoisotopic (exact) mass is 489 g/mol. The molecule has 0 aliphatic heterocycles. The molecule has 0 amide bonds. The Kier molecular flexibility index (Phi) is 5.38. The average molecular weight is 490 g/mol. The van der Waals surface area contributed by atoms with Gasteiger partial charge in [0, 0.05) is 27.2 Å². The van der Waals surface area contributed by atoms with Crippen molar-refractivity contribution in [1.82, 2.24) is 4.98 Å². The molecule has 1 nitrogen and oxygen atoms in total. The first-order valence-electron chi connectivity index (χ1n) is 12.5. The zero-order valence-electron chi connectivity index (χ0n) is 20.1. The highest BCUT2D eigenvalue weighted by Crippen LogP contribution is 2.54. The van der Waals surface area contributed by atoms with Gasteiger partial charge in [-0.15, -0.1) is 11.3 Å². The Bertz CT molecular complexity index is 1840. The van der Waals surface area contributed by atoms with E-state index in [4.69, 9.17) is 4.98 Å². The number of hydrogen-bond acceptors (Lipinski definition) is 2. The van der Waals surface area contributed by atoms with Gasteiger partial charge in [-0.05, 0) is 51.1 Å². The maximum absolute atomic E-state index is 4.81. The first-order chi connectivity index (χ1) is 18.4. The molecule has 0 aliphatic rings. The van der Waals surface area contributed by atoms with Crippen molar-refractivity contribution < 1.29 is 0 Å². The van der Waals surface area contributed by atoms with E-state index in [-0.39, 0.29) is 0 Å². The Morgan fingerprint density at radius 3 is 1.35 bits per heavy atom. The second-order valence-electron chi connectivity index (χ2n) is 9.13. The summed E-state index contributed by atoms with van der Waals surface area (Å²) < 4.78 is 1.28. The quantitative estimate of drug-likeness (QED) is 0.240. The van der Waals surface area contributed by atoms with Crippen LogP contribution in [0.5, 0.6) is 0 Å². The van der Waals surface area contributed by atoms with Gasteiger partial charge in [0.15, 0.2) is 0 Å². The van der Waals surface area contributed by atoms with E-state index in [0.29, 0.717) is 0 Å². The fourth-order valence-electron chi connectivity index (χ4n) is 5.41. The first kappa shape index (κ1) is 21.7. The van der Waals surface area contributed by atoms with Gasteiger partial charge in [0.25, 0.3) is 0 Å². The molecule has 0 saturated heterocycles. The number of fused-ring (bicyclic) bond motifs is 3. The van der Waals surface area contributed by atoms with Crippen LogP contribution in [0.25, 0.3) is 64.8 Å². The van der Waals surface area contributed by atoms with Gasteiger partial charge in [-0.2, -0.15) is 0 Å². The molecule has 0 N–H and O–H groups in total. The van der Waals surface area contributed by atoms with Crippen molar-refractivity contribution in [2.45, 2.75) is 0 Å². The fraction of sp³-hybridized carbons (Fsp3) is 0.